The number of nitrogens with one attached hydrogen (secondary N) is 1. The number of allylic oxidation sites excluding steroid dienone is 3. The SMILES string of the molecule is CCCCCCCC/C=C\CCCCCC(=O)NC(CO)C(O)/C=C/CCCCCCCCCCCCC. The molecule has 0 aliphatic rings. The first kappa shape index (κ1) is 36.9. The summed E-state index contributed by atoms with van der Waals surface area (Å²) in [5, 5.41) is 22.8. The maximum atomic E-state index is 12.2. The number of aliphatic hydroxyl groups excluding tert-OH is 2. The Kier molecular flexibility index (Phi) is 29.5. The highest BCUT2D eigenvalue weighted by molar-refractivity contribution is 5.76. The van der Waals surface area contributed by atoms with Gasteiger partial charge in [-0.1, -0.05) is 141 Å². The molecule has 0 aliphatic carbocycles. The minimum Gasteiger partial charge on any atom is -0.394 e. The van der Waals surface area contributed by atoms with E-state index in [0.717, 1.165) is 38.5 Å². The van der Waals surface area contributed by atoms with Crippen molar-refractivity contribution < 1.29 is 15.0 Å². The number of hydrogen-bond donors (Lipinski definition) is 3. The average Bonchev–Trinajstić information content (AvgIpc) is 2.92. The van der Waals surface area contributed by atoms with Crippen LogP contribution in [-0.2, 0) is 4.79 Å². The molecule has 2 atom stereocenters. The minimum atomic E-state index is -0.839. The molecule has 0 aromatic rings. The summed E-state index contributed by atoms with van der Waals surface area (Å²) in [5.41, 5.74) is 0. The largest absolute Gasteiger partial charge is 0.394 e. The van der Waals surface area contributed by atoms with Crippen LogP contribution in [0.5, 0.6) is 0 Å². The number of aliphatic hydroxyl groups is 2. The van der Waals surface area contributed by atoms with Gasteiger partial charge < -0.3 is 15.5 Å². The fourth-order valence-electron chi connectivity index (χ4n) is 4.82. The molecule has 0 spiro atoms. The lowest BCUT2D eigenvalue weighted by Crippen LogP contribution is -2.45. The Labute approximate surface area is 237 Å². The second-order valence-corrected chi connectivity index (χ2v) is 11.2. The van der Waals surface area contributed by atoms with Crippen molar-refractivity contribution in [2.45, 2.75) is 180 Å². The molecule has 0 aliphatic heterocycles. The van der Waals surface area contributed by atoms with Gasteiger partial charge >= 0.3 is 0 Å². The molecular weight excluding hydrogens is 470 g/mol. The van der Waals surface area contributed by atoms with Gasteiger partial charge in [0.15, 0.2) is 0 Å². The number of amides is 1. The van der Waals surface area contributed by atoms with E-state index in [2.05, 4.69) is 31.3 Å². The number of carbonyl (C=O) groups is 1. The van der Waals surface area contributed by atoms with Crippen molar-refractivity contribution >= 4 is 5.91 Å². The maximum Gasteiger partial charge on any atom is 0.220 e. The van der Waals surface area contributed by atoms with Gasteiger partial charge in [0.05, 0.1) is 18.8 Å². The van der Waals surface area contributed by atoms with E-state index in [4.69, 9.17) is 0 Å². The van der Waals surface area contributed by atoms with Gasteiger partial charge in [-0.3, -0.25) is 4.79 Å². The highest BCUT2D eigenvalue weighted by Gasteiger charge is 2.17. The molecule has 1 amide bonds. The summed E-state index contributed by atoms with van der Waals surface area (Å²) in [6.07, 6.45) is 36.8. The summed E-state index contributed by atoms with van der Waals surface area (Å²) in [7, 11) is 0. The first-order valence-electron chi connectivity index (χ1n) is 16.6. The second-order valence-electron chi connectivity index (χ2n) is 11.2. The van der Waals surface area contributed by atoms with Gasteiger partial charge in [0, 0.05) is 6.42 Å². The number of hydrogen-bond acceptors (Lipinski definition) is 3. The van der Waals surface area contributed by atoms with Crippen molar-refractivity contribution in [1.82, 2.24) is 5.32 Å². The number of unbranched alkanes of at least 4 members (excludes halogenated alkanes) is 20. The number of carbonyl (C=O) groups excluding carboxylic acids is 1. The van der Waals surface area contributed by atoms with Gasteiger partial charge in [0.25, 0.3) is 0 Å². The van der Waals surface area contributed by atoms with Crippen LogP contribution < -0.4 is 5.32 Å². The third-order valence-corrected chi connectivity index (χ3v) is 7.43. The Bertz CT molecular complexity index is 546. The Hall–Kier alpha value is -1.13. The molecule has 0 fully saturated rings. The van der Waals surface area contributed by atoms with Crippen molar-refractivity contribution in [2.24, 2.45) is 0 Å². The van der Waals surface area contributed by atoms with Crippen molar-refractivity contribution in [3.05, 3.63) is 24.3 Å². The first-order valence-corrected chi connectivity index (χ1v) is 16.6. The molecule has 0 bridgehead atoms. The topological polar surface area (TPSA) is 69.6 Å². The molecule has 0 heterocycles. The van der Waals surface area contributed by atoms with E-state index in [9.17, 15) is 15.0 Å². The van der Waals surface area contributed by atoms with Gasteiger partial charge in [0.2, 0.25) is 5.91 Å². The molecule has 0 saturated heterocycles. The van der Waals surface area contributed by atoms with Crippen LogP contribution in [-0.4, -0.2) is 34.9 Å². The zero-order valence-corrected chi connectivity index (χ0v) is 25.4. The summed E-state index contributed by atoms with van der Waals surface area (Å²) in [6.45, 7) is 4.27. The molecule has 2 unspecified atom stereocenters. The molecule has 224 valence electrons. The van der Waals surface area contributed by atoms with Crippen molar-refractivity contribution in [3.63, 3.8) is 0 Å². The molecule has 3 N–H and O–H groups in total. The van der Waals surface area contributed by atoms with Crippen LogP contribution in [0.25, 0.3) is 0 Å². The Morgan fingerprint density at radius 1 is 0.605 bits per heavy atom. The molecule has 0 radical (unpaired) electrons. The summed E-state index contributed by atoms with van der Waals surface area (Å²) in [6, 6.07) is -0.624. The van der Waals surface area contributed by atoms with E-state index in [0.29, 0.717) is 6.42 Å². The van der Waals surface area contributed by atoms with Crippen LogP contribution in [0.3, 0.4) is 0 Å². The summed E-state index contributed by atoms with van der Waals surface area (Å²) < 4.78 is 0. The lowest BCUT2D eigenvalue weighted by Gasteiger charge is -2.19. The zero-order valence-electron chi connectivity index (χ0n) is 25.4. The summed E-state index contributed by atoms with van der Waals surface area (Å²) in [5.74, 6) is -0.0829. The Balaban J connectivity index is 3.69. The number of rotatable bonds is 29. The first-order chi connectivity index (χ1) is 18.7. The van der Waals surface area contributed by atoms with Crippen LogP contribution >= 0.6 is 0 Å². The molecule has 0 rings (SSSR count). The monoisotopic (exact) mass is 535 g/mol. The van der Waals surface area contributed by atoms with Crippen molar-refractivity contribution in [3.8, 4) is 0 Å². The van der Waals surface area contributed by atoms with E-state index >= 15 is 0 Å². The van der Waals surface area contributed by atoms with Crippen LogP contribution in [0.1, 0.15) is 168 Å². The molecule has 38 heavy (non-hydrogen) atoms. The predicted octanol–water partition coefficient (Wildman–Crippen LogP) is 9.34. The Morgan fingerprint density at radius 3 is 1.45 bits per heavy atom. The van der Waals surface area contributed by atoms with Crippen LogP contribution in [0.4, 0.5) is 0 Å². The summed E-state index contributed by atoms with van der Waals surface area (Å²) in [4.78, 5) is 12.2. The van der Waals surface area contributed by atoms with Gasteiger partial charge in [-0.2, -0.15) is 0 Å². The zero-order chi connectivity index (χ0) is 27.9. The van der Waals surface area contributed by atoms with Gasteiger partial charge in [0.1, 0.15) is 0 Å². The minimum absolute atomic E-state index is 0.0829. The van der Waals surface area contributed by atoms with E-state index in [1.54, 1.807) is 6.08 Å². The summed E-state index contributed by atoms with van der Waals surface area (Å²) >= 11 is 0. The quantitative estimate of drug-likeness (QED) is 0.0660. The van der Waals surface area contributed by atoms with Crippen LogP contribution in [0.15, 0.2) is 24.3 Å². The van der Waals surface area contributed by atoms with E-state index < -0.39 is 12.1 Å². The smallest absolute Gasteiger partial charge is 0.220 e. The second kappa shape index (κ2) is 30.4. The average molecular weight is 536 g/mol. The third kappa shape index (κ3) is 26.5. The van der Waals surface area contributed by atoms with Crippen LogP contribution in [0, 0.1) is 0 Å². The molecule has 0 saturated carbocycles. The predicted molar refractivity (Wildman–Crippen MR) is 165 cm³/mol. The Morgan fingerprint density at radius 2 is 1.00 bits per heavy atom. The van der Waals surface area contributed by atoms with Crippen molar-refractivity contribution in [1.29, 1.82) is 0 Å². The normalized spacial score (nSPS) is 13.5. The third-order valence-electron chi connectivity index (χ3n) is 7.43. The molecule has 0 aromatic heterocycles. The fraction of sp³-hybridized carbons (Fsp3) is 0.853. The molecule has 4 nitrogen and oxygen atoms in total. The van der Waals surface area contributed by atoms with Gasteiger partial charge in [-0.25, -0.2) is 0 Å². The van der Waals surface area contributed by atoms with Crippen molar-refractivity contribution in [2.75, 3.05) is 6.61 Å². The lowest BCUT2D eigenvalue weighted by atomic mass is 10.0. The lowest BCUT2D eigenvalue weighted by molar-refractivity contribution is -0.123. The van der Waals surface area contributed by atoms with E-state index in [-0.39, 0.29) is 12.5 Å². The van der Waals surface area contributed by atoms with Gasteiger partial charge in [-0.05, 0) is 44.9 Å². The maximum absolute atomic E-state index is 12.2. The fourth-order valence-corrected chi connectivity index (χ4v) is 4.82. The van der Waals surface area contributed by atoms with Gasteiger partial charge in [-0.15, -0.1) is 0 Å². The van der Waals surface area contributed by atoms with E-state index in [1.165, 1.54) is 109 Å². The molecule has 4 heteroatoms. The molecule has 0 aromatic carbocycles. The van der Waals surface area contributed by atoms with Crippen LogP contribution in [0.2, 0.25) is 0 Å². The standard InChI is InChI=1S/C34H65NO3/c1-3-5-7-9-11-13-15-17-19-21-23-25-27-29-33(37)32(31-36)35-34(38)30-28-26-24-22-20-18-16-14-12-10-8-6-4-2/h18,20,27,29,32-33,36-37H,3-17,19,21-26,28,30-31H2,1-2H3,(H,35,38)/b20-18-,29-27+. The van der Waals surface area contributed by atoms with E-state index in [1.807, 2.05) is 6.08 Å². The molecular formula is C34H65NO3. The highest BCUT2D eigenvalue weighted by Crippen LogP contribution is 2.13. The highest BCUT2D eigenvalue weighted by atomic mass is 16.3.